The lowest BCUT2D eigenvalue weighted by atomic mass is 10.3. The number of carbonyl (C=O) groups is 1. The van der Waals surface area contributed by atoms with Crippen molar-refractivity contribution in [1.82, 2.24) is 0 Å². The van der Waals surface area contributed by atoms with Gasteiger partial charge in [-0.3, -0.25) is 4.74 Å². The fourth-order valence-electron chi connectivity index (χ4n) is 0.574. The maximum Gasteiger partial charge on any atom is 0.527 e. The minimum absolute atomic E-state index is 1.60. The molecule has 0 aromatic carbocycles. The molecule has 0 saturated carbocycles. The Kier molecular flexibility index (Phi) is 4.89. The summed E-state index contributed by atoms with van der Waals surface area (Å²) in [5.41, 5.74) is 0. The smallest absolute Gasteiger partial charge is 0.477 e. The van der Waals surface area contributed by atoms with Crippen LogP contribution in [-0.4, -0.2) is 41.9 Å². The van der Waals surface area contributed by atoms with E-state index in [1.54, 1.807) is 4.74 Å². The topological polar surface area (TPSA) is 55.8 Å². The van der Waals surface area contributed by atoms with Gasteiger partial charge in [0.2, 0.25) is 0 Å². The minimum Gasteiger partial charge on any atom is -0.477 e. The van der Waals surface area contributed by atoms with Crippen molar-refractivity contribution in [2.45, 2.75) is 30.9 Å². The van der Waals surface area contributed by atoms with Gasteiger partial charge in [0.25, 0.3) is 6.36 Å². The van der Waals surface area contributed by atoms with Crippen LogP contribution >= 0.6 is 0 Å². The monoisotopic (exact) mass is 328 g/mol. The molecule has 20 heavy (non-hydrogen) atoms. The van der Waals surface area contributed by atoms with Crippen molar-refractivity contribution in [2.75, 3.05) is 0 Å². The standard InChI is InChI=1S/C6H2F10O4/c7-1(3(8,9)2(17)18)19-4(10,11)5(12,13)20-6(14,15)16/h1H,(H,17,18). The van der Waals surface area contributed by atoms with Crippen LogP contribution < -0.4 is 0 Å². The third-order valence-corrected chi connectivity index (χ3v) is 1.40. The van der Waals surface area contributed by atoms with Gasteiger partial charge in [-0.15, -0.1) is 13.2 Å². The van der Waals surface area contributed by atoms with Gasteiger partial charge in [-0.25, -0.2) is 13.9 Å². The van der Waals surface area contributed by atoms with E-state index >= 15 is 0 Å². The van der Waals surface area contributed by atoms with Gasteiger partial charge in [0.15, 0.2) is 0 Å². The number of aliphatic carboxylic acids is 1. The van der Waals surface area contributed by atoms with Gasteiger partial charge < -0.3 is 5.11 Å². The summed E-state index contributed by atoms with van der Waals surface area (Å²) < 4.78 is 124. The molecule has 0 saturated heterocycles. The van der Waals surface area contributed by atoms with Gasteiger partial charge in [0.1, 0.15) is 0 Å². The summed E-state index contributed by atoms with van der Waals surface area (Å²) >= 11 is 0. The molecule has 1 N–H and O–H groups in total. The zero-order valence-electron chi connectivity index (χ0n) is 8.53. The average molecular weight is 328 g/mol. The molecule has 0 bridgehead atoms. The van der Waals surface area contributed by atoms with Gasteiger partial charge in [0.05, 0.1) is 0 Å². The maximum atomic E-state index is 12.4. The molecule has 0 fully saturated rings. The number of ether oxygens (including phenoxy) is 2. The lowest BCUT2D eigenvalue weighted by molar-refractivity contribution is -0.515. The number of hydrogen-bond donors (Lipinski definition) is 1. The van der Waals surface area contributed by atoms with E-state index < -0.39 is 36.8 Å². The molecule has 0 radical (unpaired) electrons. The first-order valence-electron chi connectivity index (χ1n) is 3.98. The van der Waals surface area contributed by atoms with E-state index in [4.69, 9.17) is 5.11 Å². The molecule has 0 amide bonds. The Bertz CT molecular complexity index is 363. The Morgan fingerprint density at radius 2 is 1.30 bits per heavy atom. The molecular formula is C6H2F10O4. The second-order valence-corrected chi connectivity index (χ2v) is 2.94. The molecule has 0 aromatic rings. The molecule has 1 atom stereocenters. The summed E-state index contributed by atoms with van der Waals surface area (Å²) in [6, 6.07) is 0. The first kappa shape index (κ1) is 18.7. The minimum atomic E-state index is -6.58. The third-order valence-electron chi connectivity index (χ3n) is 1.40. The number of alkyl halides is 10. The molecule has 14 heteroatoms. The fourth-order valence-corrected chi connectivity index (χ4v) is 0.574. The van der Waals surface area contributed by atoms with E-state index in [1.807, 2.05) is 0 Å². The number of carboxylic acids is 1. The SMILES string of the molecule is O=C(O)C(F)(F)C(F)OC(F)(F)C(F)(F)OC(F)(F)F. The first-order valence-corrected chi connectivity index (χ1v) is 3.98. The van der Waals surface area contributed by atoms with Crippen LogP contribution in [0.15, 0.2) is 0 Å². The molecule has 0 aliphatic rings. The summed E-state index contributed by atoms with van der Waals surface area (Å²) in [5, 5.41) is 7.68. The van der Waals surface area contributed by atoms with Crippen LogP contribution in [0, 0.1) is 0 Å². The Morgan fingerprint density at radius 3 is 1.60 bits per heavy atom. The van der Waals surface area contributed by atoms with Crippen molar-refractivity contribution < 1.29 is 63.3 Å². The van der Waals surface area contributed by atoms with E-state index in [2.05, 4.69) is 4.74 Å². The average Bonchev–Trinajstić information content (AvgIpc) is 2.11. The highest BCUT2D eigenvalue weighted by Gasteiger charge is 2.68. The molecule has 4 nitrogen and oxygen atoms in total. The predicted molar refractivity (Wildman–Crippen MR) is 35.6 cm³/mol. The second kappa shape index (κ2) is 5.23. The van der Waals surface area contributed by atoms with Crippen molar-refractivity contribution in [2.24, 2.45) is 0 Å². The Hall–Kier alpha value is -1.31. The normalized spacial score (nSPS) is 16.1. The molecular weight excluding hydrogens is 326 g/mol. The highest BCUT2D eigenvalue weighted by molar-refractivity contribution is 5.75. The van der Waals surface area contributed by atoms with Crippen molar-refractivity contribution in [3.8, 4) is 0 Å². The molecule has 0 aliphatic carbocycles. The molecule has 120 valence electrons. The van der Waals surface area contributed by atoms with E-state index in [0.29, 0.717) is 0 Å². The van der Waals surface area contributed by atoms with E-state index in [9.17, 15) is 48.7 Å². The largest absolute Gasteiger partial charge is 0.527 e. The summed E-state index contributed by atoms with van der Waals surface area (Å²) in [4.78, 5) is 9.71. The van der Waals surface area contributed by atoms with Crippen LogP contribution in [-0.2, 0) is 14.3 Å². The molecule has 1 unspecified atom stereocenters. The second-order valence-electron chi connectivity index (χ2n) is 2.94. The molecule has 0 rings (SSSR count). The third kappa shape index (κ3) is 4.36. The van der Waals surface area contributed by atoms with Gasteiger partial charge in [0, 0.05) is 0 Å². The van der Waals surface area contributed by atoms with Crippen molar-refractivity contribution >= 4 is 5.97 Å². The quantitative estimate of drug-likeness (QED) is 0.762. The van der Waals surface area contributed by atoms with E-state index in [0.717, 1.165) is 0 Å². The van der Waals surface area contributed by atoms with Crippen molar-refractivity contribution in [3.05, 3.63) is 0 Å². The van der Waals surface area contributed by atoms with Crippen LogP contribution in [0.3, 0.4) is 0 Å². The van der Waals surface area contributed by atoms with E-state index in [1.165, 1.54) is 0 Å². The van der Waals surface area contributed by atoms with E-state index in [-0.39, 0.29) is 0 Å². The van der Waals surface area contributed by atoms with Crippen molar-refractivity contribution in [3.63, 3.8) is 0 Å². The lowest BCUT2D eigenvalue weighted by Gasteiger charge is -2.28. The molecule has 0 aliphatic heterocycles. The van der Waals surface area contributed by atoms with Crippen LogP contribution in [0.5, 0.6) is 0 Å². The van der Waals surface area contributed by atoms with Gasteiger partial charge in [-0.1, -0.05) is 0 Å². The molecule has 0 aromatic heterocycles. The first-order chi connectivity index (χ1) is 8.53. The maximum absolute atomic E-state index is 12.4. The Balaban J connectivity index is 5.12. The summed E-state index contributed by atoms with van der Waals surface area (Å²) in [6.45, 7) is 0. The Labute approximate surface area is 101 Å². The summed E-state index contributed by atoms with van der Waals surface area (Å²) in [6.07, 6.45) is -24.3. The highest BCUT2D eigenvalue weighted by atomic mass is 19.4. The number of hydrogen-bond acceptors (Lipinski definition) is 3. The number of halogens is 10. The number of rotatable bonds is 6. The molecule has 0 heterocycles. The highest BCUT2D eigenvalue weighted by Crippen LogP contribution is 2.42. The van der Waals surface area contributed by atoms with Gasteiger partial charge >= 0.3 is 30.5 Å². The van der Waals surface area contributed by atoms with Crippen LogP contribution in [0.25, 0.3) is 0 Å². The van der Waals surface area contributed by atoms with Crippen LogP contribution in [0.1, 0.15) is 0 Å². The van der Waals surface area contributed by atoms with Gasteiger partial charge in [-0.2, -0.15) is 26.3 Å². The van der Waals surface area contributed by atoms with Crippen LogP contribution in [0.2, 0.25) is 0 Å². The van der Waals surface area contributed by atoms with Gasteiger partial charge in [-0.05, 0) is 0 Å². The Morgan fingerprint density at radius 1 is 0.900 bits per heavy atom. The van der Waals surface area contributed by atoms with Crippen molar-refractivity contribution in [1.29, 1.82) is 0 Å². The lowest BCUT2D eigenvalue weighted by Crippen LogP contribution is -2.52. The zero-order valence-corrected chi connectivity index (χ0v) is 8.53. The summed E-state index contributed by atoms with van der Waals surface area (Å²) in [5.74, 6) is -9.08. The zero-order chi connectivity index (χ0) is 16.6. The van der Waals surface area contributed by atoms with Crippen LogP contribution in [0.4, 0.5) is 43.9 Å². The molecule has 0 spiro atoms. The summed E-state index contributed by atoms with van der Waals surface area (Å²) in [7, 11) is 0. The predicted octanol–water partition coefficient (Wildman–Crippen LogP) is 2.74. The number of carboxylic acid groups (broad SMARTS) is 1. The fraction of sp³-hybridized carbons (Fsp3) is 0.833.